The largest absolute Gasteiger partial charge is 0.496 e. The van der Waals surface area contributed by atoms with E-state index in [2.05, 4.69) is 20.5 Å². The first kappa shape index (κ1) is 19.6. The Bertz CT molecular complexity index is 945. The molecule has 2 aromatic carbocycles. The molecule has 0 unspecified atom stereocenters. The number of ether oxygens (including phenoxy) is 3. The number of nitrogens with zero attached hydrogens (tertiary/aromatic N) is 2. The average molecular weight is 400 g/mol. The highest BCUT2D eigenvalue weighted by atomic mass is 32.2. The lowest BCUT2D eigenvalue weighted by atomic mass is 10.2. The van der Waals surface area contributed by atoms with Gasteiger partial charge in [0.15, 0.2) is 5.16 Å². The van der Waals surface area contributed by atoms with Crippen molar-refractivity contribution in [2.45, 2.75) is 5.16 Å². The number of para-hydroxylation sites is 2. The summed E-state index contributed by atoms with van der Waals surface area (Å²) in [4.78, 5) is 19.6. The average Bonchev–Trinajstić information content (AvgIpc) is 3.15. The van der Waals surface area contributed by atoms with Crippen LogP contribution in [-0.4, -0.2) is 49.2 Å². The number of fused-ring (bicyclic) bond motifs is 1. The van der Waals surface area contributed by atoms with Gasteiger partial charge in [-0.15, -0.1) is 0 Å². The van der Waals surface area contributed by atoms with Crippen molar-refractivity contribution in [1.29, 1.82) is 0 Å². The van der Waals surface area contributed by atoms with Crippen LogP contribution in [0.2, 0.25) is 0 Å². The van der Waals surface area contributed by atoms with Crippen molar-refractivity contribution in [2.24, 2.45) is 5.10 Å². The maximum absolute atomic E-state index is 12.1. The van der Waals surface area contributed by atoms with E-state index in [9.17, 15) is 4.79 Å². The Morgan fingerprint density at radius 1 is 1.18 bits per heavy atom. The van der Waals surface area contributed by atoms with Crippen LogP contribution in [0.1, 0.15) is 5.56 Å². The zero-order valence-corrected chi connectivity index (χ0v) is 16.5. The Balaban J connectivity index is 1.61. The molecule has 0 radical (unpaired) electrons. The summed E-state index contributed by atoms with van der Waals surface area (Å²) in [6.45, 7) is 0. The van der Waals surface area contributed by atoms with Crippen molar-refractivity contribution in [3.8, 4) is 17.2 Å². The molecule has 8 nitrogen and oxygen atoms in total. The molecule has 0 atom stereocenters. The Morgan fingerprint density at radius 2 is 1.89 bits per heavy atom. The third-order valence-electron chi connectivity index (χ3n) is 3.84. The summed E-state index contributed by atoms with van der Waals surface area (Å²) in [7, 11) is 4.63. The number of hydrogen-bond acceptors (Lipinski definition) is 7. The van der Waals surface area contributed by atoms with Crippen molar-refractivity contribution in [3.05, 3.63) is 42.0 Å². The van der Waals surface area contributed by atoms with Crippen LogP contribution in [0.4, 0.5) is 0 Å². The number of benzene rings is 2. The van der Waals surface area contributed by atoms with E-state index in [0.717, 1.165) is 11.0 Å². The normalized spacial score (nSPS) is 11.0. The predicted molar refractivity (Wildman–Crippen MR) is 109 cm³/mol. The van der Waals surface area contributed by atoms with Crippen LogP contribution in [0.15, 0.2) is 46.7 Å². The maximum Gasteiger partial charge on any atom is 0.250 e. The zero-order valence-electron chi connectivity index (χ0n) is 15.7. The molecule has 0 spiro atoms. The second kappa shape index (κ2) is 9.14. The first-order valence-corrected chi connectivity index (χ1v) is 9.32. The van der Waals surface area contributed by atoms with E-state index in [4.69, 9.17) is 14.2 Å². The number of amides is 1. The fraction of sp³-hybridized carbons (Fsp3) is 0.211. The quantitative estimate of drug-likeness (QED) is 0.343. The number of rotatable bonds is 8. The van der Waals surface area contributed by atoms with Crippen molar-refractivity contribution < 1.29 is 19.0 Å². The number of carbonyl (C=O) groups excluding carboxylic acids is 1. The van der Waals surface area contributed by atoms with Crippen LogP contribution < -0.4 is 19.6 Å². The van der Waals surface area contributed by atoms with Gasteiger partial charge in [-0.05, 0) is 12.1 Å². The second-order valence-electron chi connectivity index (χ2n) is 5.59. The predicted octanol–water partition coefficient (Wildman–Crippen LogP) is 2.83. The molecule has 1 heterocycles. The number of H-pyrrole nitrogens is 1. The molecule has 1 amide bonds. The van der Waals surface area contributed by atoms with E-state index >= 15 is 0 Å². The van der Waals surface area contributed by atoms with E-state index in [1.165, 1.54) is 32.2 Å². The van der Waals surface area contributed by atoms with Crippen molar-refractivity contribution >= 4 is 34.9 Å². The molecule has 3 rings (SSSR count). The number of methoxy groups -OCH3 is 3. The summed E-state index contributed by atoms with van der Waals surface area (Å²) < 4.78 is 15.9. The minimum Gasteiger partial charge on any atom is -0.496 e. The fourth-order valence-corrected chi connectivity index (χ4v) is 3.17. The highest BCUT2D eigenvalue weighted by Crippen LogP contribution is 2.32. The summed E-state index contributed by atoms with van der Waals surface area (Å²) in [5.74, 6) is 1.55. The highest BCUT2D eigenvalue weighted by Gasteiger charge is 2.12. The van der Waals surface area contributed by atoms with Crippen molar-refractivity contribution in [3.63, 3.8) is 0 Å². The molecular formula is C19H20N4O4S. The standard InChI is InChI=1S/C19H20N4O4S/c1-25-12-8-16(26-2)13(17(9-12)27-3)10-20-23-18(24)11-28-19-21-14-6-4-5-7-15(14)22-19/h4-10H,11H2,1-3H3,(H,21,22)(H,23,24)/b20-10+. The molecule has 0 aliphatic rings. The van der Waals surface area contributed by atoms with Crippen LogP contribution in [0, 0.1) is 0 Å². The Kier molecular flexibility index (Phi) is 6.38. The minimum atomic E-state index is -0.256. The van der Waals surface area contributed by atoms with Gasteiger partial charge in [-0.3, -0.25) is 4.79 Å². The van der Waals surface area contributed by atoms with Gasteiger partial charge in [0.1, 0.15) is 17.2 Å². The topological polar surface area (TPSA) is 97.8 Å². The van der Waals surface area contributed by atoms with Gasteiger partial charge >= 0.3 is 0 Å². The SMILES string of the molecule is COc1cc(OC)c(/C=N/NC(=O)CSc2nc3ccccc3[nH]2)c(OC)c1. The third kappa shape index (κ3) is 4.55. The molecule has 146 valence electrons. The first-order chi connectivity index (χ1) is 13.6. The van der Waals surface area contributed by atoms with Crippen LogP contribution in [0.3, 0.4) is 0 Å². The van der Waals surface area contributed by atoms with Gasteiger partial charge in [0, 0.05) is 12.1 Å². The summed E-state index contributed by atoms with van der Waals surface area (Å²) in [6, 6.07) is 11.1. The number of aromatic amines is 1. The number of hydrazone groups is 1. The Morgan fingerprint density at radius 3 is 2.54 bits per heavy atom. The van der Waals surface area contributed by atoms with Crippen LogP contribution >= 0.6 is 11.8 Å². The minimum absolute atomic E-state index is 0.175. The molecule has 0 saturated heterocycles. The number of carbonyl (C=O) groups is 1. The van der Waals surface area contributed by atoms with Gasteiger partial charge < -0.3 is 19.2 Å². The van der Waals surface area contributed by atoms with Gasteiger partial charge in [0.2, 0.25) is 0 Å². The first-order valence-electron chi connectivity index (χ1n) is 8.34. The number of hydrogen-bond donors (Lipinski definition) is 2. The van der Waals surface area contributed by atoms with Gasteiger partial charge in [-0.25, -0.2) is 10.4 Å². The highest BCUT2D eigenvalue weighted by molar-refractivity contribution is 7.99. The summed E-state index contributed by atoms with van der Waals surface area (Å²) in [5, 5.41) is 4.68. The van der Waals surface area contributed by atoms with Gasteiger partial charge in [0.05, 0.1) is 49.9 Å². The number of aromatic nitrogens is 2. The lowest BCUT2D eigenvalue weighted by molar-refractivity contribution is -0.118. The molecule has 0 aliphatic heterocycles. The maximum atomic E-state index is 12.1. The van der Waals surface area contributed by atoms with E-state index in [-0.39, 0.29) is 11.7 Å². The number of nitrogens with one attached hydrogen (secondary N) is 2. The van der Waals surface area contributed by atoms with Gasteiger partial charge in [-0.1, -0.05) is 23.9 Å². The molecule has 3 aromatic rings. The summed E-state index contributed by atoms with van der Waals surface area (Å²) >= 11 is 1.30. The molecule has 0 fully saturated rings. The molecular weight excluding hydrogens is 380 g/mol. The zero-order chi connectivity index (χ0) is 19.9. The van der Waals surface area contributed by atoms with Crippen LogP contribution in [-0.2, 0) is 4.79 Å². The Hall–Kier alpha value is -3.20. The second-order valence-corrected chi connectivity index (χ2v) is 6.55. The van der Waals surface area contributed by atoms with E-state index in [1.54, 1.807) is 19.2 Å². The lowest BCUT2D eigenvalue weighted by Crippen LogP contribution is -2.19. The van der Waals surface area contributed by atoms with Crippen LogP contribution in [0.5, 0.6) is 17.2 Å². The summed E-state index contributed by atoms with van der Waals surface area (Å²) in [6.07, 6.45) is 1.47. The van der Waals surface area contributed by atoms with E-state index < -0.39 is 0 Å². The molecule has 9 heteroatoms. The number of thioether (sulfide) groups is 1. The van der Waals surface area contributed by atoms with E-state index in [0.29, 0.717) is 28.0 Å². The third-order valence-corrected chi connectivity index (χ3v) is 4.72. The van der Waals surface area contributed by atoms with Gasteiger partial charge in [0.25, 0.3) is 5.91 Å². The Labute approximate surface area is 166 Å². The molecule has 0 bridgehead atoms. The van der Waals surface area contributed by atoms with E-state index in [1.807, 2.05) is 24.3 Å². The fourth-order valence-electron chi connectivity index (χ4n) is 2.49. The van der Waals surface area contributed by atoms with Crippen molar-refractivity contribution in [2.75, 3.05) is 27.1 Å². The lowest BCUT2D eigenvalue weighted by Gasteiger charge is -2.12. The smallest absolute Gasteiger partial charge is 0.250 e. The molecule has 0 aliphatic carbocycles. The number of imidazole rings is 1. The summed E-state index contributed by atoms with van der Waals surface area (Å²) in [5.41, 5.74) is 4.88. The molecule has 1 aromatic heterocycles. The molecule has 28 heavy (non-hydrogen) atoms. The molecule has 0 saturated carbocycles. The molecule has 2 N–H and O–H groups in total. The van der Waals surface area contributed by atoms with Gasteiger partial charge in [-0.2, -0.15) is 5.10 Å². The van der Waals surface area contributed by atoms with Crippen LogP contribution in [0.25, 0.3) is 11.0 Å². The monoisotopic (exact) mass is 400 g/mol. The van der Waals surface area contributed by atoms with Crippen molar-refractivity contribution in [1.82, 2.24) is 15.4 Å².